The number of rotatable bonds is 11. The summed E-state index contributed by atoms with van der Waals surface area (Å²) in [5.41, 5.74) is 0. The molecule has 0 heterocycles. The van der Waals surface area contributed by atoms with Crippen molar-refractivity contribution in [3.63, 3.8) is 0 Å². The highest BCUT2D eigenvalue weighted by Gasteiger charge is 2.19. The van der Waals surface area contributed by atoms with Gasteiger partial charge < -0.3 is 14.3 Å². The van der Waals surface area contributed by atoms with E-state index in [2.05, 4.69) is 21.0 Å². The van der Waals surface area contributed by atoms with Crippen LogP contribution in [0.3, 0.4) is 0 Å². The van der Waals surface area contributed by atoms with Gasteiger partial charge in [-0.05, 0) is 12.8 Å². The topological polar surface area (TPSA) is 29.5 Å². The second-order valence-corrected chi connectivity index (χ2v) is 5.72. The predicted molar refractivity (Wildman–Crippen MR) is 73.1 cm³/mol. The van der Waals surface area contributed by atoms with Gasteiger partial charge in [0.1, 0.15) is 12.6 Å². The van der Waals surface area contributed by atoms with Crippen LogP contribution in [0.2, 0.25) is 0 Å². The molecule has 1 N–H and O–H groups in total. The van der Waals surface area contributed by atoms with Crippen molar-refractivity contribution in [3.05, 3.63) is 0 Å². The van der Waals surface area contributed by atoms with E-state index in [0.717, 1.165) is 17.6 Å². The third kappa shape index (κ3) is 10.7. The molecular formula is C14H32NO2+. The molecule has 17 heavy (non-hydrogen) atoms. The van der Waals surface area contributed by atoms with Crippen molar-refractivity contribution in [3.8, 4) is 0 Å². The zero-order chi connectivity index (χ0) is 13.1. The summed E-state index contributed by atoms with van der Waals surface area (Å²) < 4.78 is 5.85. The maximum Gasteiger partial charge on any atom is 0.126 e. The monoisotopic (exact) mass is 246 g/mol. The van der Waals surface area contributed by atoms with Gasteiger partial charge in [0.25, 0.3) is 0 Å². The number of aliphatic hydroxyl groups is 1. The number of nitrogens with zero attached hydrogens (tertiary/aromatic N) is 1. The minimum atomic E-state index is -0.338. The van der Waals surface area contributed by atoms with Gasteiger partial charge in [0.15, 0.2) is 0 Å². The Labute approximate surface area is 107 Å². The van der Waals surface area contributed by atoms with E-state index in [1.165, 1.54) is 38.5 Å². The molecule has 0 aliphatic carbocycles. The molecule has 104 valence electrons. The molecule has 0 saturated carbocycles. The third-order valence-electron chi connectivity index (χ3n) is 3.18. The molecule has 0 aliphatic heterocycles. The van der Waals surface area contributed by atoms with E-state index >= 15 is 0 Å². The normalized spacial score (nSPS) is 13.9. The van der Waals surface area contributed by atoms with E-state index in [1.807, 2.05) is 0 Å². The smallest absolute Gasteiger partial charge is 0.126 e. The molecule has 0 aromatic carbocycles. The molecular weight excluding hydrogens is 214 g/mol. The van der Waals surface area contributed by atoms with E-state index in [0.29, 0.717) is 6.61 Å². The highest BCUT2D eigenvalue weighted by Crippen LogP contribution is 2.09. The van der Waals surface area contributed by atoms with Gasteiger partial charge in [0.05, 0.1) is 27.2 Å². The lowest BCUT2D eigenvalue weighted by atomic mass is 10.1. The number of ether oxygens (including phenoxy) is 1. The number of hydrogen-bond donors (Lipinski definition) is 1. The Morgan fingerprint density at radius 3 is 2.24 bits per heavy atom. The second-order valence-electron chi connectivity index (χ2n) is 5.72. The van der Waals surface area contributed by atoms with Crippen molar-refractivity contribution in [1.82, 2.24) is 0 Å². The van der Waals surface area contributed by atoms with Crippen molar-refractivity contribution in [2.24, 2.45) is 0 Å². The van der Waals surface area contributed by atoms with Gasteiger partial charge in [-0.1, -0.05) is 32.6 Å². The summed E-state index contributed by atoms with van der Waals surface area (Å²) in [5.74, 6) is 0. The summed E-state index contributed by atoms with van der Waals surface area (Å²) in [6, 6.07) is 0. The summed E-state index contributed by atoms with van der Waals surface area (Å²) in [7, 11) is 6.01. The fraction of sp³-hybridized carbons (Fsp3) is 1.00. The zero-order valence-electron chi connectivity index (χ0n) is 12.2. The van der Waals surface area contributed by atoms with E-state index in [1.54, 1.807) is 7.11 Å². The maximum absolute atomic E-state index is 9.72. The SMILES string of the molecule is CCCCCCCC[N+](C)(C)CC(O)COC. The Hall–Kier alpha value is -0.120. The minimum absolute atomic E-state index is 0.338. The number of methoxy groups -OCH3 is 1. The number of unbranched alkanes of at least 4 members (excludes halogenated alkanes) is 5. The van der Waals surface area contributed by atoms with Gasteiger partial charge in [-0.2, -0.15) is 0 Å². The Morgan fingerprint density at radius 2 is 1.65 bits per heavy atom. The molecule has 0 aromatic heterocycles. The van der Waals surface area contributed by atoms with Gasteiger partial charge in [0.2, 0.25) is 0 Å². The molecule has 0 aliphatic rings. The zero-order valence-corrected chi connectivity index (χ0v) is 12.2. The number of aliphatic hydroxyl groups excluding tert-OH is 1. The molecule has 0 amide bonds. The standard InChI is InChI=1S/C14H32NO2/c1-5-6-7-8-9-10-11-15(2,3)12-14(16)13-17-4/h14,16H,5-13H2,1-4H3/q+1. The summed E-state index contributed by atoms with van der Waals surface area (Å²) in [6.07, 6.45) is 7.65. The summed E-state index contributed by atoms with van der Waals surface area (Å²) >= 11 is 0. The van der Waals surface area contributed by atoms with Crippen LogP contribution in [0.4, 0.5) is 0 Å². The molecule has 0 bridgehead atoms. The van der Waals surface area contributed by atoms with Crippen LogP contribution in [0.25, 0.3) is 0 Å². The van der Waals surface area contributed by atoms with Crippen molar-refractivity contribution in [2.75, 3.05) is 40.9 Å². The molecule has 1 unspecified atom stereocenters. The highest BCUT2D eigenvalue weighted by atomic mass is 16.5. The lowest BCUT2D eigenvalue weighted by Gasteiger charge is -2.31. The van der Waals surface area contributed by atoms with Gasteiger partial charge in [0, 0.05) is 7.11 Å². The van der Waals surface area contributed by atoms with E-state index in [9.17, 15) is 5.11 Å². The van der Waals surface area contributed by atoms with E-state index < -0.39 is 0 Å². The Morgan fingerprint density at radius 1 is 1.06 bits per heavy atom. The summed E-state index contributed by atoms with van der Waals surface area (Å²) in [6.45, 7) is 4.62. The number of hydrogen-bond acceptors (Lipinski definition) is 2. The summed E-state index contributed by atoms with van der Waals surface area (Å²) in [5, 5.41) is 9.72. The van der Waals surface area contributed by atoms with Gasteiger partial charge in [-0.15, -0.1) is 0 Å². The third-order valence-corrected chi connectivity index (χ3v) is 3.18. The molecule has 3 heteroatoms. The molecule has 0 aromatic rings. The number of quaternary nitrogens is 1. The Bertz CT molecular complexity index is 172. The first-order valence-electron chi connectivity index (χ1n) is 7.01. The largest absolute Gasteiger partial charge is 0.385 e. The lowest BCUT2D eigenvalue weighted by molar-refractivity contribution is -0.893. The highest BCUT2D eigenvalue weighted by molar-refractivity contribution is 4.52. The van der Waals surface area contributed by atoms with Crippen LogP contribution in [0.5, 0.6) is 0 Å². The average Bonchev–Trinajstić information content (AvgIpc) is 2.22. The van der Waals surface area contributed by atoms with Crippen LogP contribution in [0, 0.1) is 0 Å². The van der Waals surface area contributed by atoms with Gasteiger partial charge in [-0.25, -0.2) is 0 Å². The number of likely N-dealkylation sites (N-methyl/N-ethyl adjacent to an activating group) is 1. The molecule has 0 saturated heterocycles. The molecule has 0 fully saturated rings. The fourth-order valence-corrected chi connectivity index (χ4v) is 2.23. The van der Waals surface area contributed by atoms with Crippen LogP contribution < -0.4 is 0 Å². The Kier molecular flexibility index (Phi) is 9.79. The second kappa shape index (κ2) is 9.86. The molecule has 0 spiro atoms. The van der Waals surface area contributed by atoms with Crippen molar-refractivity contribution in [2.45, 2.75) is 51.6 Å². The average molecular weight is 246 g/mol. The minimum Gasteiger partial charge on any atom is -0.385 e. The van der Waals surface area contributed by atoms with Crippen LogP contribution in [-0.2, 0) is 4.74 Å². The lowest BCUT2D eigenvalue weighted by Crippen LogP contribution is -2.47. The predicted octanol–water partition coefficient (Wildman–Crippen LogP) is 2.43. The molecule has 0 radical (unpaired) electrons. The molecule has 1 atom stereocenters. The van der Waals surface area contributed by atoms with Crippen LogP contribution in [-0.4, -0.2) is 56.6 Å². The molecule has 3 nitrogen and oxygen atoms in total. The fourth-order valence-electron chi connectivity index (χ4n) is 2.23. The van der Waals surface area contributed by atoms with Gasteiger partial charge in [-0.3, -0.25) is 0 Å². The van der Waals surface area contributed by atoms with E-state index in [4.69, 9.17) is 4.74 Å². The Balaban J connectivity index is 3.56. The first-order valence-corrected chi connectivity index (χ1v) is 7.01. The summed E-state index contributed by atoms with van der Waals surface area (Å²) in [4.78, 5) is 0. The van der Waals surface area contributed by atoms with Crippen molar-refractivity contribution in [1.29, 1.82) is 0 Å². The first-order chi connectivity index (χ1) is 8.02. The molecule has 0 rings (SSSR count). The van der Waals surface area contributed by atoms with E-state index in [-0.39, 0.29) is 6.10 Å². The van der Waals surface area contributed by atoms with Crippen molar-refractivity contribution < 1.29 is 14.3 Å². The van der Waals surface area contributed by atoms with Crippen LogP contribution in [0.15, 0.2) is 0 Å². The quantitative estimate of drug-likeness (QED) is 0.448. The van der Waals surface area contributed by atoms with Crippen LogP contribution in [0.1, 0.15) is 45.4 Å². The maximum atomic E-state index is 9.72. The van der Waals surface area contributed by atoms with Crippen LogP contribution >= 0.6 is 0 Å². The van der Waals surface area contributed by atoms with Crippen molar-refractivity contribution >= 4 is 0 Å². The first kappa shape index (κ1) is 16.9. The van der Waals surface area contributed by atoms with Gasteiger partial charge >= 0.3 is 0 Å².